The van der Waals surface area contributed by atoms with Gasteiger partial charge in [-0.2, -0.15) is 15.0 Å². The van der Waals surface area contributed by atoms with Crippen LogP contribution in [-0.4, -0.2) is 72.4 Å². The highest BCUT2D eigenvalue weighted by Crippen LogP contribution is 2.16. The second kappa shape index (κ2) is 8.31. The van der Waals surface area contributed by atoms with E-state index in [2.05, 4.69) is 33.7 Å². The van der Waals surface area contributed by atoms with Gasteiger partial charge in [0.15, 0.2) is 0 Å². The number of rotatable bonds is 7. The van der Waals surface area contributed by atoms with Crippen LogP contribution in [0.2, 0.25) is 5.28 Å². The molecule has 0 amide bonds. The lowest BCUT2D eigenvalue weighted by atomic mass is 10.4. The topological polar surface area (TPSA) is 63.6 Å². The SMILES string of the molecule is CCN(CC)CCOc1nc(Cl)nc(N2CCOCC2)n1. The van der Waals surface area contributed by atoms with Gasteiger partial charge < -0.3 is 19.3 Å². The number of nitrogens with zero attached hydrogens (tertiary/aromatic N) is 5. The minimum absolute atomic E-state index is 0.157. The van der Waals surface area contributed by atoms with Gasteiger partial charge in [0.2, 0.25) is 11.2 Å². The molecule has 0 atom stereocenters. The molecule has 21 heavy (non-hydrogen) atoms. The van der Waals surface area contributed by atoms with Gasteiger partial charge in [0.05, 0.1) is 13.2 Å². The van der Waals surface area contributed by atoms with E-state index in [-0.39, 0.29) is 11.3 Å². The molecule has 1 aliphatic heterocycles. The molecule has 0 radical (unpaired) electrons. The van der Waals surface area contributed by atoms with Crippen LogP contribution in [0.25, 0.3) is 0 Å². The van der Waals surface area contributed by atoms with Crippen molar-refractivity contribution in [3.05, 3.63) is 5.28 Å². The lowest BCUT2D eigenvalue weighted by molar-refractivity contribution is 0.122. The summed E-state index contributed by atoms with van der Waals surface area (Å²) in [5.74, 6) is 0.552. The number of anilines is 1. The van der Waals surface area contributed by atoms with Crippen molar-refractivity contribution in [1.29, 1.82) is 0 Å². The molecule has 0 N–H and O–H groups in total. The van der Waals surface area contributed by atoms with E-state index in [0.29, 0.717) is 25.8 Å². The number of hydrogen-bond donors (Lipinski definition) is 0. The van der Waals surface area contributed by atoms with Crippen LogP contribution < -0.4 is 9.64 Å². The Balaban J connectivity index is 1.94. The first-order valence-electron chi connectivity index (χ1n) is 7.32. The van der Waals surface area contributed by atoms with Gasteiger partial charge in [-0.05, 0) is 24.7 Å². The van der Waals surface area contributed by atoms with Crippen molar-refractivity contribution >= 4 is 17.5 Å². The highest BCUT2D eigenvalue weighted by atomic mass is 35.5. The third-order valence-corrected chi connectivity index (χ3v) is 3.57. The van der Waals surface area contributed by atoms with Crippen LogP contribution in [0, 0.1) is 0 Å². The van der Waals surface area contributed by atoms with Gasteiger partial charge in [0, 0.05) is 19.6 Å². The summed E-state index contributed by atoms with van der Waals surface area (Å²) >= 11 is 5.95. The Morgan fingerprint density at radius 1 is 1.19 bits per heavy atom. The lowest BCUT2D eigenvalue weighted by Crippen LogP contribution is -2.37. The summed E-state index contributed by atoms with van der Waals surface area (Å²) in [4.78, 5) is 16.8. The Labute approximate surface area is 130 Å². The molecule has 1 aromatic heterocycles. The number of morpholine rings is 1. The number of aromatic nitrogens is 3. The molecule has 0 aliphatic carbocycles. The fraction of sp³-hybridized carbons (Fsp3) is 0.769. The van der Waals surface area contributed by atoms with E-state index in [1.807, 2.05) is 4.90 Å². The van der Waals surface area contributed by atoms with Gasteiger partial charge in [-0.25, -0.2) is 0 Å². The maximum Gasteiger partial charge on any atom is 0.322 e. The number of hydrogen-bond acceptors (Lipinski definition) is 7. The third kappa shape index (κ3) is 4.94. The van der Waals surface area contributed by atoms with Crippen molar-refractivity contribution < 1.29 is 9.47 Å². The molecule has 0 spiro atoms. The Morgan fingerprint density at radius 3 is 2.57 bits per heavy atom. The van der Waals surface area contributed by atoms with Gasteiger partial charge in [-0.1, -0.05) is 13.8 Å². The number of halogens is 1. The van der Waals surface area contributed by atoms with Crippen LogP contribution in [-0.2, 0) is 4.74 Å². The summed E-state index contributed by atoms with van der Waals surface area (Å²) in [6.45, 7) is 10.4. The molecule has 1 aromatic rings. The fourth-order valence-corrected chi connectivity index (χ4v) is 2.25. The average Bonchev–Trinajstić information content (AvgIpc) is 2.52. The normalized spacial score (nSPS) is 15.5. The highest BCUT2D eigenvalue weighted by molar-refractivity contribution is 6.28. The molecular formula is C13H22ClN5O2. The van der Waals surface area contributed by atoms with Crippen LogP contribution in [0.1, 0.15) is 13.8 Å². The van der Waals surface area contributed by atoms with E-state index in [0.717, 1.165) is 32.7 Å². The summed E-state index contributed by atoms with van der Waals surface area (Å²) in [7, 11) is 0. The second-order valence-corrected chi connectivity index (χ2v) is 5.00. The first kappa shape index (κ1) is 16.2. The van der Waals surface area contributed by atoms with E-state index in [9.17, 15) is 0 Å². The summed E-state index contributed by atoms with van der Waals surface area (Å²) in [5.41, 5.74) is 0. The Morgan fingerprint density at radius 2 is 1.90 bits per heavy atom. The summed E-state index contributed by atoms with van der Waals surface area (Å²) < 4.78 is 10.9. The highest BCUT2D eigenvalue weighted by Gasteiger charge is 2.16. The zero-order chi connectivity index (χ0) is 15.1. The van der Waals surface area contributed by atoms with Crippen molar-refractivity contribution in [2.24, 2.45) is 0 Å². The van der Waals surface area contributed by atoms with Gasteiger partial charge in [-0.15, -0.1) is 0 Å². The Hall–Kier alpha value is -1.18. The molecule has 0 aromatic carbocycles. The van der Waals surface area contributed by atoms with Crippen molar-refractivity contribution in [1.82, 2.24) is 19.9 Å². The Bertz CT molecular complexity index is 439. The smallest absolute Gasteiger partial charge is 0.322 e. The van der Waals surface area contributed by atoms with Crippen molar-refractivity contribution in [3.8, 4) is 6.01 Å². The number of likely N-dealkylation sites (N-methyl/N-ethyl adjacent to an activating group) is 1. The van der Waals surface area contributed by atoms with Crippen LogP contribution >= 0.6 is 11.6 Å². The summed E-state index contributed by atoms with van der Waals surface area (Å²) in [6, 6.07) is 0.281. The zero-order valence-electron chi connectivity index (χ0n) is 12.6. The predicted molar refractivity (Wildman–Crippen MR) is 81.2 cm³/mol. The molecule has 0 unspecified atom stereocenters. The molecular weight excluding hydrogens is 294 g/mol. The summed E-state index contributed by atoms with van der Waals surface area (Å²) in [5, 5.41) is 0.157. The molecule has 2 heterocycles. The first-order chi connectivity index (χ1) is 10.2. The van der Waals surface area contributed by atoms with Crippen LogP contribution in [0.5, 0.6) is 6.01 Å². The van der Waals surface area contributed by atoms with Crippen molar-refractivity contribution in [3.63, 3.8) is 0 Å². The largest absolute Gasteiger partial charge is 0.462 e. The molecule has 118 valence electrons. The standard InChI is InChI=1S/C13H22ClN5O2/c1-3-18(4-2)5-10-21-13-16-11(14)15-12(17-13)19-6-8-20-9-7-19/h3-10H2,1-2H3. The van der Waals surface area contributed by atoms with E-state index < -0.39 is 0 Å². The maximum atomic E-state index is 5.95. The minimum atomic E-state index is 0.157. The fourth-order valence-electron chi connectivity index (χ4n) is 2.10. The van der Waals surface area contributed by atoms with Crippen molar-refractivity contribution in [2.45, 2.75) is 13.8 Å². The average molecular weight is 316 g/mol. The van der Waals surface area contributed by atoms with E-state index in [1.54, 1.807) is 0 Å². The third-order valence-electron chi connectivity index (χ3n) is 3.40. The van der Waals surface area contributed by atoms with Crippen LogP contribution in [0.15, 0.2) is 0 Å². The van der Waals surface area contributed by atoms with Gasteiger partial charge in [0.25, 0.3) is 0 Å². The molecule has 8 heteroatoms. The van der Waals surface area contributed by atoms with E-state index in [4.69, 9.17) is 21.1 Å². The molecule has 0 bridgehead atoms. The minimum Gasteiger partial charge on any atom is -0.462 e. The second-order valence-electron chi connectivity index (χ2n) is 4.66. The van der Waals surface area contributed by atoms with Crippen LogP contribution in [0.4, 0.5) is 5.95 Å². The van der Waals surface area contributed by atoms with E-state index in [1.165, 1.54) is 0 Å². The molecule has 2 rings (SSSR count). The van der Waals surface area contributed by atoms with Crippen LogP contribution in [0.3, 0.4) is 0 Å². The van der Waals surface area contributed by atoms with Gasteiger partial charge in [0.1, 0.15) is 6.61 Å². The molecule has 1 aliphatic rings. The number of ether oxygens (including phenoxy) is 2. The Kier molecular flexibility index (Phi) is 6.41. The quantitative estimate of drug-likeness (QED) is 0.746. The molecule has 1 saturated heterocycles. The zero-order valence-corrected chi connectivity index (χ0v) is 13.3. The molecule has 0 saturated carbocycles. The molecule has 1 fully saturated rings. The lowest BCUT2D eigenvalue weighted by Gasteiger charge is -2.26. The maximum absolute atomic E-state index is 5.95. The van der Waals surface area contributed by atoms with Gasteiger partial charge >= 0.3 is 6.01 Å². The summed E-state index contributed by atoms with van der Waals surface area (Å²) in [6.07, 6.45) is 0. The van der Waals surface area contributed by atoms with E-state index >= 15 is 0 Å². The predicted octanol–water partition coefficient (Wildman–Crippen LogP) is 1.08. The van der Waals surface area contributed by atoms with Crippen molar-refractivity contribution in [2.75, 3.05) is 57.4 Å². The molecule has 7 nitrogen and oxygen atoms in total. The first-order valence-corrected chi connectivity index (χ1v) is 7.70. The monoisotopic (exact) mass is 315 g/mol. The van der Waals surface area contributed by atoms with Gasteiger partial charge in [-0.3, -0.25) is 0 Å².